The maximum atomic E-state index is 5.64. The highest BCUT2D eigenvalue weighted by molar-refractivity contribution is 5.26. The van der Waals surface area contributed by atoms with Crippen molar-refractivity contribution in [1.29, 1.82) is 0 Å². The van der Waals surface area contributed by atoms with E-state index in [0.29, 0.717) is 0 Å². The number of aromatic nitrogens is 1. The Hall–Kier alpha value is -1.17. The Morgan fingerprint density at radius 3 is 2.58 bits per heavy atom. The van der Waals surface area contributed by atoms with E-state index in [1.807, 2.05) is 33.0 Å². The first-order valence-corrected chi connectivity index (χ1v) is 6.67. The fourth-order valence-corrected chi connectivity index (χ4v) is 1.83. The average Bonchev–Trinajstić information content (AvgIpc) is 2.38. The molecule has 0 radical (unpaired) electrons. The number of hydrazine groups is 1. The van der Waals surface area contributed by atoms with Crippen LogP contribution in [-0.2, 0) is 4.74 Å². The van der Waals surface area contributed by atoms with Crippen molar-refractivity contribution >= 4 is 0 Å². The Morgan fingerprint density at radius 1 is 1.26 bits per heavy atom. The van der Waals surface area contributed by atoms with Crippen LogP contribution in [0.4, 0.5) is 0 Å². The molecule has 5 heteroatoms. The number of nitrogens with two attached hydrogens (primary N) is 1. The fraction of sp³-hybridized carbons (Fsp3) is 0.643. The molecule has 0 spiro atoms. The Morgan fingerprint density at radius 2 is 2.00 bits per heavy atom. The molecule has 0 aliphatic heterocycles. The highest BCUT2D eigenvalue weighted by atomic mass is 16.5. The Kier molecular flexibility index (Phi) is 6.77. The first kappa shape index (κ1) is 15.9. The van der Waals surface area contributed by atoms with Crippen LogP contribution in [0.5, 0.6) is 5.75 Å². The summed E-state index contributed by atoms with van der Waals surface area (Å²) in [6, 6.07) is 2.04. The molecule has 1 aromatic rings. The van der Waals surface area contributed by atoms with E-state index >= 15 is 0 Å². The van der Waals surface area contributed by atoms with Gasteiger partial charge in [0.1, 0.15) is 5.75 Å². The molecule has 0 aliphatic carbocycles. The molecule has 2 atom stereocenters. The summed E-state index contributed by atoms with van der Waals surface area (Å²) in [5.74, 6) is 6.40. The standard InChI is InChI=1S/C14H25N3O2/c1-10(2)19-13-7-12(8-16-9-13)14(17-15)6-5-11(3)18-4/h7-11,14,17H,5-6,15H2,1-4H3. The summed E-state index contributed by atoms with van der Waals surface area (Å²) >= 11 is 0. The predicted molar refractivity (Wildman–Crippen MR) is 75.8 cm³/mol. The molecule has 1 rings (SSSR count). The summed E-state index contributed by atoms with van der Waals surface area (Å²) < 4.78 is 10.9. The van der Waals surface area contributed by atoms with Gasteiger partial charge < -0.3 is 9.47 Å². The molecular weight excluding hydrogens is 242 g/mol. The van der Waals surface area contributed by atoms with Crippen LogP contribution in [0, 0.1) is 0 Å². The normalized spacial score (nSPS) is 14.4. The van der Waals surface area contributed by atoms with E-state index in [-0.39, 0.29) is 18.2 Å². The highest BCUT2D eigenvalue weighted by Crippen LogP contribution is 2.22. The number of hydrogen-bond donors (Lipinski definition) is 2. The lowest BCUT2D eigenvalue weighted by Crippen LogP contribution is -2.29. The van der Waals surface area contributed by atoms with Crippen molar-refractivity contribution in [3.8, 4) is 5.75 Å². The topological polar surface area (TPSA) is 69.4 Å². The van der Waals surface area contributed by atoms with E-state index in [1.165, 1.54) is 0 Å². The zero-order valence-electron chi connectivity index (χ0n) is 12.2. The second-order valence-electron chi connectivity index (χ2n) is 4.96. The molecular formula is C14H25N3O2. The minimum absolute atomic E-state index is 0.0563. The van der Waals surface area contributed by atoms with Gasteiger partial charge in [0.05, 0.1) is 18.4 Å². The summed E-state index contributed by atoms with van der Waals surface area (Å²) in [6.45, 7) is 6.03. The molecule has 1 heterocycles. The molecule has 1 aromatic heterocycles. The summed E-state index contributed by atoms with van der Waals surface area (Å²) in [6.07, 6.45) is 5.71. The van der Waals surface area contributed by atoms with Crippen LogP contribution in [0.15, 0.2) is 18.5 Å². The van der Waals surface area contributed by atoms with Crippen LogP contribution >= 0.6 is 0 Å². The SMILES string of the molecule is COC(C)CCC(NN)c1cncc(OC(C)C)c1. The number of nitrogens with zero attached hydrogens (tertiary/aromatic N) is 1. The lowest BCUT2D eigenvalue weighted by molar-refractivity contribution is 0.106. The molecule has 0 saturated carbocycles. The summed E-state index contributed by atoms with van der Waals surface area (Å²) in [5.41, 5.74) is 3.86. The third kappa shape index (κ3) is 5.55. The first-order valence-electron chi connectivity index (χ1n) is 6.67. The molecule has 5 nitrogen and oxygen atoms in total. The molecule has 0 saturated heterocycles. The molecule has 0 fully saturated rings. The van der Waals surface area contributed by atoms with Gasteiger partial charge in [-0.3, -0.25) is 16.3 Å². The van der Waals surface area contributed by atoms with Crippen molar-refractivity contribution in [3.63, 3.8) is 0 Å². The van der Waals surface area contributed by atoms with Crippen LogP contribution in [0.2, 0.25) is 0 Å². The van der Waals surface area contributed by atoms with Crippen molar-refractivity contribution in [1.82, 2.24) is 10.4 Å². The van der Waals surface area contributed by atoms with Crippen molar-refractivity contribution in [2.75, 3.05) is 7.11 Å². The monoisotopic (exact) mass is 267 g/mol. The maximum Gasteiger partial charge on any atom is 0.138 e. The molecule has 0 bridgehead atoms. The number of pyridine rings is 1. The van der Waals surface area contributed by atoms with Gasteiger partial charge >= 0.3 is 0 Å². The number of ether oxygens (including phenoxy) is 2. The third-order valence-corrected chi connectivity index (χ3v) is 2.97. The van der Waals surface area contributed by atoms with Gasteiger partial charge in [0.2, 0.25) is 0 Å². The molecule has 3 N–H and O–H groups in total. The van der Waals surface area contributed by atoms with Crippen LogP contribution in [0.3, 0.4) is 0 Å². The lowest BCUT2D eigenvalue weighted by atomic mass is 10.0. The fourth-order valence-electron chi connectivity index (χ4n) is 1.83. The Bertz CT molecular complexity index is 371. The zero-order chi connectivity index (χ0) is 14.3. The van der Waals surface area contributed by atoms with Gasteiger partial charge in [0.25, 0.3) is 0 Å². The Balaban J connectivity index is 2.69. The van der Waals surface area contributed by atoms with Crippen molar-refractivity contribution in [2.45, 2.75) is 51.9 Å². The van der Waals surface area contributed by atoms with E-state index in [1.54, 1.807) is 13.3 Å². The van der Waals surface area contributed by atoms with Gasteiger partial charge in [-0.25, -0.2) is 0 Å². The van der Waals surface area contributed by atoms with Gasteiger partial charge in [-0.1, -0.05) is 0 Å². The van der Waals surface area contributed by atoms with Crippen LogP contribution in [-0.4, -0.2) is 24.3 Å². The van der Waals surface area contributed by atoms with Gasteiger partial charge in [-0.15, -0.1) is 0 Å². The maximum absolute atomic E-state index is 5.64. The summed E-state index contributed by atoms with van der Waals surface area (Å²) in [7, 11) is 1.72. The van der Waals surface area contributed by atoms with Crippen molar-refractivity contribution in [3.05, 3.63) is 24.0 Å². The number of nitrogens with one attached hydrogen (secondary N) is 1. The molecule has 19 heavy (non-hydrogen) atoms. The largest absolute Gasteiger partial charge is 0.489 e. The summed E-state index contributed by atoms with van der Waals surface area (Å²) in [4.78, 5) is 4.20. The second-order valence-corrected chi connectivity index (χ2v) is 4.96. The minimum Gasteiger partial charge on any atom is -0.489 e. The van der Waals surface area contributed by atoms with Crippen LogP contribution in [0.25, 0.3) is 0 Å². The molecule has 0 aliphatic rings. The van der Waals surface area contributed by atoms with E-state index in [0.717, 1.165) is 24.2 Å². The van der Waals surface area contributed by atoms with Gasteiger partial charge in [-0.05, 0) is 45.2 Å². The average molecular weight is 267 g/mol. The third-order valence-electron chi connectivity index (χ3n) is 2.97. The van der Waals surface area contributed by atoms with E-state index in [2.05, 4.69) is 10.4 Å². The quantitative estimate of drug-likeness (QED) is 0.558. The molecule has 0 aromatic carbocycles. The van der Waals surface area contributed by atoms with Gasteiger partial charge in [0, 0.05) is 19.3 Å². The zero-order valence-corrected chi connectivity index (χ0v) is 12.2. The smallest absolute Gasteiger partial charge is 0.138 e. The summed E-state index contributed by atoms with van der Waals surface area (Å²) in [5, 5.41) is 0. The van der Waals surface area contributed by atoms with Crippen molar-refractivity contribution < 1.29 is 9.47 Å². The number of rotatable bonds is 8. The molecule has 2 unspecified atom stereocenters. The first-order chi connectivity index (χ1) is 9.06. The van der Waals surface area contributed by atoms with E-state index in [4.69, 9.17) is 15.3 Å². The van der Waals surface area contributed by atoms with Gasteiger partial charge in [0.15, 0.2) is 0 Å². The number of hydrogen-bond acceptors (Lipinski definition) is 5. The lowest BCUT2D eigenvalue weighted by Gasteiger charge is -2.19. The Labute approximate surface area is 115 Å². The van der Waals surface area contributed by atoms with E-state index < -0.39 is 0 Å². The second kappa shape index (κ2) is 8.09. The van der Waals surface area contributed by atoms with Crippen molar-refractivity contribution in [2.24, 2.45) is 5.84 Å². The van der Waals surface area contributed by atoms with Gasteiger partial charge in [-0.2, -0.15) is 0 Å². The van der Waals surface area contributed by atoms with Crippen LogP contribution < -0.4 is 16.0 Å². The predicted octanol–water partition coefficient (Wildman–Crippen LogP) is 2.19. The highest BCUT2D eigenvalue weighted by Gasteiger charge is 2.13. The minimum atomic E-state index is 0.0563. The number of methoxy groups -OCH3 is 1. The molecule has 108 valence electrons. The van der Waals surface area contributed by atoms with Crippen LogP contribution in [0.1, 0.15) is 45.2 Å². The van der Waals surface area contributed by atoms with E-state index in [9.17, 15) is 0 Å². The molecule has 0 amide bonds.